The smallest absolute Gasteiger partial charge is 0.276 e. The highest BCUT2D eigenvalue weighted by molar-refractivity contribution is 5.93. The van der Waals surface area contributed by atoms with Gasteiger partial charge >= 0.3 is 0 Å². The molecule has 0 spiro atoms. The van der Waals surface area contributed by atoms with Crippen LogP contribution in [-0.4, -0.2) is 32.3 Å². The van der Waals surface area contributed by atoms with Gasteiger partial charge in [-0.3, -0.25) is 9.48 Å². The molecule has 2 aromatic heterocycles. The van der Waals surface area contributed by atoms with Crippen molar-refractivity contribution >= 4 is 5.91 Å². The van der Waals surface area contributed by atoms with E-state index in [1.807, 2.05) is 43.8 Å². The van der Waals surface area contributed by atoms with Gasteiger partial charge in [-0.1, -0.05) is 29.4 Å². The lowest BCUT2D eigenvalue weighted by molar-refractivity contribution is 0.0714. The van der Waals surface area contributed by atoms with Gasteiger partial charge in [-0.05, 0) is 37.1 Å². The Bertz CT molecular complexity index is 1370. The molecule has 168 valence electrons. The second-order valence-corrected chi connectivity index (χ2v) is 8.35. The predicted molar refractivity (Wildman–Crippen MR) is 118 cm³/mol. The normalized spacial score (nSPS) is 15.5. The minimum atomic E-state index is -0.778. The number of carbonyl (C=O) groups excluding carboxylic acids is 1. The zero-order chi connectivity index (χ0) is 23.3. The number of benzene rings is 2. The van der Waals surface area contributed by atoms with Crippen LogP contribution in [0.1, 0.15) is 44.5 Å². The Morgan fingerprint density at radius 3 is 2.64 bits per heavy atom. The molecule has 0 N–H and O–H groups in total. The van der Waals surface area contributed by atoms with Crippen molar-refractivity contribution in [2.45, 2.75) is 26.3 Å². The molecular weight excluding hydrogens is 426 g/mol. The minimum absolute atomic E-state index is 0.0338. The Hall–Kier alpha value is -3.81. The lowest BCUT2D eigenvalue weighted by atomic mass is 9.83. The van der Waals surface area contributed by atoms with Crippen LogP contribution < -0.4 is 0 Å². The van der Waals surface area contributed by atoms with Gasteiger partial charge in [0.2, 0.25) is 0 Å². The van der Waals surface area contributed by atoms with E-state index in [0.29, 0.717) is 13.1 Å². The summed E-state index contributed by atoms with van der Waals surface area (Å²) in [5, 5.41) is 8.44. The van der Waals surface area contributed by atoms with Gasteiger partial charge in [0.25, 0.3) is 5.91 Å². The molecule has 1 amide bonds. The minimum Gasteiger partial charge on any atom is -0.355 e. The number of rotatable bonds is 3. The van der Waals surface area contributed by atoms with E-state index in [1.54, 1.807) is 4.90 Å². The van der Waals surface area contributed by atoms with E-state index in [2.05, 4.69) is 16.3 Å². The van der Waals surface area contributed by atoms with Gasteiger partial charge in [-0.25, -0.2) is 8.78 Å². The first-order chi connectivity index (χ1) is 15.8. The van der Waals surface area contributed by atoms with Crippen LogP contribution in [0.15, 0.2) is 53.1 Å². The van der Waals surface area contributed by atoms with E-state index in [9.17, 15) is 13.6 Å². The summed E-state index contributed by atoms with van der Waals surface area (Å²) in [4.78, 5) is 15.1. The van der Waals surface area contributed by atoms with E-state index in [-0.39, 0.29) is 28.8 Å². The summed E-state index contributed by atoms with van der Waals surface area (Å²) in [6.45, 7) is 4.89. The number of aromatic nitrogens is 3. The molecule has 1 unspecified atom stereocenters. The highest BCUT2D eigenvalue weighted by atomic mass is 19.1. The van der Waals surface area contributed by atoms with Gasteiger partial charge in [0.05, 0.1) is 11.3 Å². The first kappa shape index (κ1) is 21.1. The fraction of sp³-hybridized carbons (Fsp3) is 0.240. The molecule has 8 heteroatoms. The monoisotopic (exact) mass is 448 g/mol. The zero-order valence-electron chi connectivity index (χ0n) is 18.5. The van der Waals surface area contributed by atoms with Crippen molar-refractivity contribution in [3.05, 3.63) is 93.9 Å². The summed E-state index contributed by atoms with van der Waals surface area (Å²) < 4.78 is 34.5. The van der Waals surface area contributed by atoms with Crippen molar-refractivity contribution in [1.82, 2.24) is 19.8 Å². The molecule has 3 heterocycles. The molecule has 0 saturated heterocycles. The van der Waals surface area contributed by atoms with Crippen LogP contribution in [-0.2, 0) is 13.6 Å². The van der Waals surface area contributed by atoms with Crippen molar-refractivity contribution in [3.8, 4) is 11.3 Å². The van der Waals surface area contributed by atoms with Crippen LogP contribution >= 0.6 is 0 Å². The number of fused-ring (bicyclic) bond motifs is 1. The highest BCUT2D eigenvalue weighted by Crippen LogP contribution is 2.37. The van der Waals surface area contributed by atoms with Gasteiger partial charge in [0, 0.05) is 49.4 Å². The van der Waals surface area contributed by atoms with Crippen LogP contribution in [0.3, 0.4) is 0 Å². The Morgan fingerprint density at radius 1 is 1.12 bits per heavy atom. The Balaban J connectivity index is 1.49. The van der Waals surface area contributed by atoms with Crippen molar-refractivity contribution < 1.29 is 18.1 Å². The molecule has 1 atom stereocenters. The van der Waals surface area contributed by atoms with Crippen LogP contribution in [0.5, 0.6) is 0 Å². The number of aryl methyl sites for hydroxylation is 2. The first-order valence-electron chi connectivity index (χ1n) is 10.6. The van der Waals surface area contributed by atoms with Crippen molar-refractivity contribution in [2.24, 2.45) is 7.05 Å². The van der Waals surface area contributed by atoms with Gasteiger partial charge in [0.1, 0.15) is 11.6 Å². The van der Waals surface area contributed by atoms with Crippen LogP contribution in [0.4, 0.5) is 8.78 Å². The number of nitrogens with zero attached hydrogens (tertiary/aromatic N) is 4. The fourth-order valence-corrected chi connectivity index (χ4v) is 4.66. The number of halogens is 2. The van der Waals surface area contributed by atoms with E-state index in [0.717, 1.165) is 34.6 Å². The molecule has 0 radical (unpaired) electrons. The standard InChI is InChI=1S/C25H22F2N4O2/c1-14-24(15(2)30(3)28-14)20-13-31(12-16-6-4-5-7-18(16)20)25(32)22-11-23(33-29-22)19-9-8-17(26)10-21(19)27/h4-11,20H,12-13H2,1-3H3. The van der Waals surface area contributed by atoms with Gasteiger partial charge in [-0.15, -0.1) is 0 Å². The first-order valence-corrected chi connectivity index (χ1v) is 10.6. The quantitative estimate of drug-likeness (QED) is 0.453. The topological polar surface area (TPSA) is 64.2 Å². The third kappa shape index (κ3) is 3.61. The SMILES string of the molecule is Cc1nn(C)c(C)c1C1CN(C(=O)c2cc(-c3ccc(F)cc3F)on2)Cc2ccccc21. The molecule has 4 aromatic rings. The summed E-state index contributed by atoms with van der Waals surface area (Å²) in [6.07, 6.45) is 0. The van der Waals surface area contributed by atoms with E-state index < -0.39 is 11.6 Å². The van der Waals surface area contributed by atoms with Crippen LogP contribution in [0.25, 0.3) is 11.3 Å². The molecule has 0 fully saturated rings. The number of hydrogen-bond donors (Lipinski definition) is 0. The second kappa shape index (κ2) is 7.95. The summed E-state index contributed by atoms with van der Waals surface area (Å²) in [6, 6.07) is 12.6. The molecule has 5 rings (SSSR count). The molecular formula is C25H22F2N4O2. The highest BCUT2D eigenvalue weighted by Gasteiger charge is 2.33. The average molecular weight is 448 g/mol. The molecule has 0 bridgehead atoms. The summed E-state index contributed by atoms with van der Waals surface area (Å²) in [7, 11) is 1.91. The van der Waals surface area contributed by atoms with Crippen molar-refractivity contribution in [2.75, 3.05) is 6.54 Å². The maximum atomic E-state index is 14.2. The van der Waals surface area contributed by atoms with Crippen LogP contribution in [0.2, 0.25) is 0 Å². The van der Waals surface area contributed by atoms with Gasteiger partial charge in [0.15, 0.2) is 11.5 Å². The average Bonchev–Trinajstić information content (AvgIpc) is 3.37. The van der Waals surface area contributed by atoms with E-state index >= 15 is 0 Å². The molecule has 0 aliphatic carbocycles. The molecule has 1 aliphatic rings. The Morgan fingerprint density at radius 2 is 1.91 bits per heavy atom. The molecule has 2 aromatic carbocycles. The van der Waals surface area contributed by atoms with E-state index in [4.69, 9.17) is 4.52 Å². The lowest BCUT2D eigenvalue weighted by Gasteiger charge is -2.34. The third-order valence-electron chi connectivity index (χ3n) is 6.32. The number of hydrogen-bond acceptors (Lipinski definition) is 4. The predicted octanol–water partition coefficient (Wildman–Crippen LogP) is 4.76. The summed E-state index contributed by atoms with van der Waals surface area (Å²) in [5.41, 5.74) is 5.44. The fourth-order valence-electron chi connectivity index (χ4n) is 4.66. The summed E-state index contributed by atoms with van der Waals surface area (Å²) >= 11 is 0. The Kier molecular flexibility index (Phi) is 5.08. The second-order valence-electron chi connectivity index (χ2n) is 8.35. The van der Waals surface area contributed by atoms with Crippen LogP contribution in [0, 0.1) is 25.5 Å². The Labute approximate surface area is 189 Å². The lowest BCUT2D eigenvalue weighted by Crippen LogP contribution is -2.39. The third-order valence-corrected chi connectivity index (χ3v) is 6.32. The van der Waals surface area contributed by atoms with Crippen molar-refractivity contribution in [3.63, 3.8) is 0 Å². The largest absolute Gasteiger partial charge is 0.355 e. The molecule has 6 nitrogen and oxygen atoms in total. The molecule has 0 saturated carbocycles. The number of carbonyl (C=O) groups is 1. The maximum absolute atomic E-state index is 14.2. The zero-order valence-corrected chi connectivity index (χ0v) is 18.5. The van der Waals surface area contributed by atoms with E-state index in [1.165, 1.54) is 17.7 Å². The maximum Gasteiger partial charge on any atom is 0.276 e. The number of amides is 1. The molecule has 33 heavy (non-hydrogen) atoms. The summed E-state index contributed by atoms with van der Waals surface area (Å²) in [5.74, 6) is -1.74. The van der Waals surface area contributed by atoms with Gasteiger partial charge in [-0.2, -0.15) is 5.10 Å². The van der Waals surface area contributed by atoms with Crippen molar-refractivity contribution in [1.29, 1.82) is 0 Å². The van der Waals surface area contributed by atoms with Gasteiger partial charge < -0.3 is 9.42 Å². The molecule has 1 aliphatic heterocycles.